The number of nitrogens with two attached hydrogens (primary N) is 1. The average Bonchev–Trinajstić information content (AvgIpc) is 2.68. The summed E-state index contributed by atoms with van der Waals surface area (Å²) in [4.78, 5) is 13.5. The van der Waals surface area contributed by atoms with Gasteiger partial charge in [0.2, 0.25) is 5.91 Å². The van der Waals surface area contributed by atoms with E-state index in [1.54, 1.807) is 0 Å². The Morgan fingerprint density at radius 3 is 3.10 bits per heavy atom. The molecule has 0 spiro atoms. The van der Waals surface area contributed by atoms with Gasteiger partial charge in [-0.25, -0.2) is 0 Å². The van der Waals surface area contributed by atoms with Crippen molar-refractivity contribution >= 4 is 5.91 Å². The largest absolute Gasteiger partial charge is 0.494 e. The van der Waals surface area contributed by atoms with Gasteiger partial charge in [0.1, 0.15) is 5.75 Å². The van der Waals surface area contributed by atoms with Crippen LogP contribution >= 0.6 is 0 Å². The van der Waals surface area contributed by atoms with Gasteiger partial charge in [0.25, 0.3) is 0 Å². The molecule has 1 aromatic carbocycles. The number of hydrogen-bond acceptors (Lipinski definition) is 4. The van der Waals surface area contributed by atoms with Gasteiger partial charge in [-0.15, -0.1) is 0 Å². The predicted molar refractivity (Wildman–Crippen MR) is 78.5 cm³/mol. The molecule has 2 rings (SSSR count). The maximum atomic E-state index is 11.2. The van der Waals surface area contributed by atoms with Gasteiger partial charge in [-0.1, -0.05) is 12.1 Å². The summed E-state index contributed by atoms with van der Waals surface area (Å²) in [6.45, 7) is 4.70. The van der Waals surface area contributed by atoms with E-state index in [1.807, 2.05) is 24.3 Å². The molecule has 0 unspecified atom stereocenters. The minimum Gasteiger partial charge on any atom is -0.494 e. The Kier molecular flexibility index (Phi) is 5.83. The Bertz CT molecular complexity index is 437. The first-order valence-corrected chi connectivity index (χ1v) is 7.19. The fourth-order valence-electron chi connectivity index (χ4n) is 2.28. The summed E-state index contributed by atoms with van der Waals surface area (Å²) in [6.07, 6.45) is 1.56. The van der Waals surface area contributed by atoms with Crippen molar-refractivity contribution in [1.82, 2.24) is 10.2 Å². The van der Waals surface area contributed by atoms with Crippen molar-refractivity contribution < 1.29 is 9.53 Å². The van der Waals surface area contributed by atoms with Crippen LogP contribution in [0, 0.1) is 0 Å². The number of amides is 1. The van der Waals surface area contributed by atoms with Gasteiger partial charge in [0.15, 0.2) is 0 Å². The van der Waals surface area contributed by atoms with Gasteiger partial charge in [-0.2, -0.15) is 0 Å². The van der Waals surface area contributed by atoms with Crippen LogP contribution in [0.15, 0.2) is 24.3 Å². The van der Waals surface area contributed by atoms with Crippen molar-refractivity contribution in [3.8, 4) is 5.75 Å². The second-order valence-electron chi connectivity index (χ2n) is 5.00. The van der Waals surface area contributed by atoms with E-state index in [2.05, 4.69) is 10.2 Å². The quantitative estimate of drug-likeness (QED) is 0.753. The summed E-state index contributed by atoms with van der Waals surface area (Å²) in [6, 6.07) is 7.89. The van der Waals surface area contributed by atoms with E-state index >= 15 is 0 Å². The van der Waals surface area contributed by atoms with Crippen molar-refractivity contribution in [2.75, 3.05) is 32.8 Å². The molecule has 0 aromatic heterocycles. The van der Waals surface area contributed by atoms with Crippen LogP contribution in [-0.2, 0) is 11.3 Å². The van der Waals surface area contributed by atoms with E-state index in [9.17, 15) is 4.79 Å². The van der Waals surface area contributed by atoms with Crippen molar-refractivity contribution in [3.63, 3.8) is 0 Å². The van der Waals surface area contributed by atoms with Gasteiger partial charge in [0.05, 0.1) is 6.61 Å². The van der Waals surface area contributed by atoms with E-state index in [0.29, 0.717) is 19.6 Å². The molecule has 5 heteroatoms. The van der Waals surface area contributed by atoms with Crippen LogP contribution < -0.4 is 15.8 Å². The molecular formula is C15H23N3O2. The smallest absolute Gasteiger partial charge is 0.221 e. The molecule has 1 heterocycles. The van der Waals surface area contributed by atoms with Crippen LogP contribution in [0.5, 0.6) is 5.75 Å². The first-order valence-electron chi connectivity index (χ1n) is 7.19. The maximum absolute atomic E-state index is 11.2. The standard InChI is InChI=1S/C15H23N3O2/c16-12-13-3-1-4-14(11-13)20-10-2-7-18-8-5-15(19)17-6-9-18/h1,3-4,11H,2,5-10,12,16H2,(H,17,19). The summed E-state index contributed by atoms with van der Waals surface area (Å²) in [5.74, 6) is 1.03. The fourth-order valence-corrected chi connectivity index (χ4v) is 2.28. The second kappa shape index (κ2) is 7.87. The molecule has 3 N–H and O–H groups in total. The lowest BCUT2D eigenvalue weighted by Crippen LogP contribution is -2.30. The molecule has 110 valence electrons. The third-order valence-corrected chi connectivity index (χ3v) is 3.43. The zero-order valence-corrected chi connectivity index (χ0v) is 11.8. The first-order chi connectivity index (χ1) is 9.78. The molecule has 1 amide bonds. The van der Waals surface area contributed by atoms with Gasteiger partial charge in [-0.05, 0) is 24.1 Å². The van der Waals surface area contributed by atoms with Gasteiger partial charge in [0, 0.05) is 39.1 Å². The molecule has 0 bridgehead atoms. The molecule has 1 fully saturated rings. The molecule has 1 aromatic rings. The van der Waals surface area contributed by atoms with E-state index in [4.69, 9.17) is 10.5 Å². The lowest BCUT2D eigenvalue weighted by molar-refractivity contribution is -0.120. The predicted octanol–water partition coefficient (Wildman–Crippen LogP) is 0.736. The second-order valence-corrected chi connectivity index (χ2v) is 5.00. The van der Waals surface area contributed by atoms with E-state index < -0.39 is 0 Å². The van der Waals surface area contributed by atoms with Crippen LogP contribution in [0.1, 0.15) is 18.4 Å². The highest BCUT2D eigenvalue weighted by molar-refractivity contribution is 5.76. The lowest BCUT2D eigenvalue weighted by atomic mass is 10.2. The van der Waals surface area contributed by atoms with Crippen molar-refractivity contribution in [2.45, 2.75) is 19.4 Å². The summed E-state index contributed by atoms with van der Waals surface area (Å²) in [5, 5.41) is 2.88. The van der Waals surface area contributed by atoms with Gasteiger partial charge >= 0.3 is 0 Å². The molecule has 20 heavy (non-hydrogen) atoms. The fraction of sp³-hybridized carbons (Fsp3) is 0.533. The Balaban J connectivity index is 1.66. The highest BCUT2D eigenvalue weighted by atomic mass is 16.5. The molecule has 0 atom stereocenters. The zero-order chi connectivity index (χ0) is 14.2. The Morgan fingerprint density at radius 1 is 1.35 bits per heavy atom. The third-order valence-electron chi connectivity index (χ3n) is 3.43. The van der Waals surface area contributed by atoms with Crippen LogP contribution in [0.25, 0.3) is 0 Å². The number of carbonyl (C=O) groups is 1. The minimum absolute atomic E-state index is 0.155. The number of carbonyl (C=O) groups excluding carboxylic acids is 1. The monoisotopic (exact) mass is 277 g/mol. The number of hydrogen-bond donors (Lipinski definition) is 2. The molecule has 0 aliphatic carbocycles. The number of benzene rings is 1. The summed E-state index contributed by atoms with van der Waals surface area (Å²) in [7, 11) is 0. The first kappa shape index (κ1) is 14.8. The SMILES string of the molecule is NCc1cccc(OCCCN2CCNC(=O)CC2)c1. The van der Waals surface area contributed by atoms with Crippen molar-refractivity contribution in [1.29, 1.82) is 0 Å². The topological polar surface area (TPSA) is 67.6 Å². The number of ether oxygens (including phenoxy) is 1. The van der Waals surface area contributed by atoms with Crippen LogP contribution in [0.3, 0.4) is 0 Å². The molecule has 1 aliphatic heterocycles. The Labute approximate surface area is 120 Å². The van der Waals surface area contributed by atoms with Gasteiger partial charge < -0.3 is 20.7 Å². The molecule has 1 saturated heterocycles. The number of nitrogens with one attached hydrogen (secondary N) is 1. The molecule has 5 nitrogen and oxygen atoms in total. The summed E-state index contributed by atoms with van der Waals surface area (Å²) >= 11 is 0. The molecule has 0 radical (unpaired) electrons. The normalized spacial score (nSPS) is 16.6. The highest BCUT2D eigenvalue weighted by Gasteiger charge is 2.12. The van der Waals surface area contributed by atoms with Crippen LogP contribution in [0.2, 0.25) is 0 Å². The molecular weight excluding hydrogens is 254 g/mol. The summed E-state index contributed by atoms with van der Waals surface area (Å²) < 4.78 is 5.73. The zero-order valence-electron chi connectivity index (χ0n) is 11.8. The Hall–Kier alpha value is -1.59. The third kappa shape index (κ3) is 4.83. The molecule has 1 aliphatic rings. The highest BCUT2D eigenvalue weighted by Crippen LogP contribution is 2.13. The average molecular weight is 277 g/mol. The van der Waals surface area contributed by atoms with Crippen LogP contribution in [-0.4, -0.2) is 43.6 Å². The van der Waals surface area contributed by atoms with Gasteiger partial charge in [-0.3, -0.25) is 4.79 Å². The maximum Gasteiger partial charge on any atom is 0.221 e. The van der Waals surface area contributed by atoms with Crippen molar-refractivity contribution in [2.24, 2.45) is 5.73 Å². The van der Waals surface area contributed by atoms with E-state index in [0.717, 1.165) is 43.9 Å². The van der Waals surface area contributed by atoms with Crippen molar-refractivity contribution in [3.05, 3.63) is 29.8 Å². The lowest BCUT2D eigenvalue weighted by Gasteiger charge is -2.18. The number of rotatable bonds is 6. The minimum atomic E-state index is 0.155. The molecule has 0 saturated carbocycles. The Morgan fingerprint density at radius 2 is 2.25 bits per heavy atom. The van der Waals surface area contributed by atoms with E-state index in [-0.39, 0.29) is 5.91 Å². The van der Waals surface area contributed by atoms with E-state index in [1.165, 1.54) is 0 Å². The number of nitrogens with zero attached hydrogens (tertiary/aromatic N) is 1. The summed E-state index contributed by atoms with van der Waals surface area (Å²) in [5.41, 5.74) is 6.68. The van der Waals surface area contributed by atoms with Crippen LogP contribution in [0.4, 0.5) is 0 Å².